The van der Waals surface area contributed by atoms with Gasteiger partial charge in [0, 0.05) is 36.6 Å². The van der Waals surface area contributed by atoms with Gasteiger partial charge in [-0.05, 0) is 44.4 Å². The van der Waals surface area contributed by atoms with Crippen molar-refractivity contribution in [2.24, 2.45) is 0 Å². The first-order chi connectivity index (χ1) is 14.8. The van der Waals surface area contributed by atoms with E-state index in [4.69, 9.17) is 0 Å². The number of benzene rings is 1. The van der Waals surface area contributed by atoms with Gasteiger partial charge >= 0.3 is 6.18 Å². The van der Waals surface area contributed by atoms with Crippen LogP contribution in [0.15, 0.2) is 41.3 Å². The Bertz CT molecular complexity index is 1140. The summed E-state index contributed by atoms with van der Waals surface area (Å²) in [5.41, 5.74) is 0.495. The maximum atomic E-state index is 12.9. The molecule has 0 amide bonds. The second kappa shape index (κ2) is 8.37. The van der Waals surface area contributed by atoms with Crippen LogP contribution in [0.1, 0.15) is 30.5 Å². The van der Waals surface area contributed by atoms with Crippen LogP contribution in [0.25, 0.3) is 11.3 Å². The van der Waals surface area contributed by atoms with Crippen molar-refractivity contribution in [3.63, 3.8) is 0 Å². The van der Waals surface area contributed by atoms with E-state index in [1.54, 1.807) is 6.20 Å². The molecule has 0 atom stereocenters. The Hall–Kier alpha value is -3.43. The van der Waals surface area contributed by atoms with Crippen LogP contribution in [0.5, 0.6) is 0 Å². The second-order valence-electron chi connectivity index (χ2n) is 7.40. The highest BCUT2D eigenvalue weighted by molar-refractivity contribution is 5.64. The van der Waals surface area contributed by atoms with E-state index >= 15 is 0 Å². The molecule has 10 heteroatoms. The van der Waals surface area contributed by atoms with Gasteiger partial charge in [0.05, 0.1) is 17.0 Å². The number of aromatic nitrogens is 4. The Morgan fingerprint density at radius 3 is 2.58 bits per heavy atom. The van der Waals surface area contributed by atoms with Crippen molar-refractivity contribution in [2.45, 2.75) is 32.4 Å². The molecule has 0 saturated carbocycles. The lowest BCUT2D eigenvalue weighted by Gasteiger charge is -2.26. The first-order valence-electron chi connectivity index (χ1n) is 9.94. The summed E-state index contributed by atoms with van der Waals surface area (Å²) in [6, 6.07) is 5.98. The van der Waals surface area contributed by atoms with Crippen LogP contribution >= 0.6 is 0 Å². The molecule has 0 unspecified atom stereocenters. The molecule has 0 spiro atoms. The van der Waals surface area contributed by atoms with Crippen molar-refractivity contribution in [3.05, 3.63) is 58.1 Å². The average molecular weight is 430 g/mol. The summed E-state index contributed by atoms with van der Waals surface area (Å²) in [5, 5.41) is 2.73. The van der Waals surface area contributed by atoms with E-state index in [0.29, 0.717) is 22.9 Å². The molecule has 1 fully saturated rings. The Balaban J connectivity index is 1.62. The predicted molar refractivity (Wildman–Crippen MR) is 111 cm³/mol. The molecule has 7 nitrogen and oxygen atoms in total. The van der Waals surface area contributed by atoms with E-state index in [0.717, 1.165) is 38.1 Å². The lowest BCUT2D eigenvalue weighted by Crippen LogP contribution is -2.31. The first-order valence-corrected chi connectivity index (χ1v) is 9.94. The van der Waals surface area contributed by atoms with Crippen LogP contribution < -0.4 is 15.8 Å². The number of halogens is 3. The Kier molecular flexibility index (Phi) is 5.62. The fourth-order valence-corrected chi connectivity index (χ4v) is 3.52. The molecule has 3 heterocycles. The number of nitrogens with zero attached hydrogens (tertiary/aromatic N) is 4. The molecule has 2 N–H and O–H groups in total. The van der Waals surface area contributed by atoms with Gasteiger partial charge in [-0.1, -0.05) is 6.07 Å². The predicted octanol–water partition coefficient (Wildman–Crippen LogP) is 4.29. The van der Waals surface area contributed by atoms with Crippen molar-refractivity contribution >= 4 is 17.6 Å². The van der Waals surface area contributed by atoms with Crippen LogP contribution in [0.3, 0.4) is 0 Å². The lowest BCUT2D eigenvalue weighted by atomic mass is 10.1. The number of anilines is 3. The zero-order chi connectivity index (χ0) is 22.0. The zero-order valence-electron chi connectivity index (χ0n) is 16.8. The highest BCUT2D eigenvalue weighted by Gasteiger charge is 2.30. The third-order valence-corrected chi connectivity index (χ3v) is 5.08. The summed E-state index contributed by atoms with van der Waals surface area (Å²) < 4.78 is 38.8. The number of aromatic amines is 1. The number of nitrogens with one attached hydrogen (secondary N) is 2. The molecule has 0 bridgehead atoms. The quantitative estimate of drug-likeness (QED) is 0.642. The minimum absolute atomic E-state index is 0.0290. The highest BCUT2D eigenvalue weighted by Crippen LogP contribution is 2.31. The average Bonchev–Trinajstić information content (AvgIpc) is 2.73. The summed E-state index contributed by atoms with van der Waals surface area (Å²) in [5.74, 6) is 0.675. The van der Waals surface area contributed by atoms with Crippen LogP contribution in [0.2, 0.25) is 0 Å². The van der Waals surface area contributed by atoms with Crippen molar-refractivity contribution in [2.75, 3.05) is 23.3 Å². The summed E-state index contributed by atoms with van der Waals surface area (Å²) in [6.07, 6.45) is 0.563. The molecule has 0 aliphatic carbocycles. The van der Waals surface area contributed by atoms with E-state index < -0.39 is 17.3 Å². The van der Waals surface area contributed by atoms with E-state index in [1.165, 1.54) is 24.6 Å². The fourth-order valence-electron chi connectivity index (χ4n) is 3.52. The fraction of sp³-hybridized carbons (Fsp3) is 0.333. The molecular weight excluding hydrogens is 409 g/mol. The molecule has 1 aromatic carbocycles. The van der Waals surface area contributed by atoms with Gasteiger partial charge in [0.2, 0.25) is 11.9 Å². The van der Waals surface area contributed by atoms with Gasteiger partial charge < -0.3 is 10.2 Å². The van der Waals surface area contributed by atoms with Crippen LogP contribution in [-0.4, -0.2) is 33.0 Å². The van der Waals surface area contributed by atoms with Crippen molar-refractivity contribution in [1.29, 1.82) is 0 Å². The summed E-state index contributed by atoms with van der Waals surface area (Å²) >= 11 is 0. The maximum Gasteiger partial charge on any atom is 0.416 e. The lowest BCUT2D eigenvalue weighted by molar-refractivity contribution is -0.137. The summed E-state index contributed by atoms with van der Waals surface area (Å²) in [7, 11) is 0. The maximum absolute atomic E-state index is 12.9. The van der Waals surface area contributed by atoms with Crippen LogP contribution in [0, 0.1) is 6.92 Å². The van der Waals surface area contributed by atoms with Crippen LogP contribution in [0.4, 0.5) is 30.8 Å². The number of aryl methyl sites for hydroxylation is 1. The smallest absolute Gasteiger partial charge is 0.341 e. The van der Waals surface area contributed by atoms with Gasteiger partial charge in [-0.2, -0.15) is 13.2 Å². The minimum Gasteiger partial charge on any atom is -0.341 e. The second-order valence-corrected chi connectivity index (χ2v) is 7.40. The number of alkyl halides is 3. The van der Waals surface area contributed by atoms with Gasteiger partial charge in [0.1, 0.15) is 0 Å². The number of hydrogen-bond acceptors (Lipinski definition) is 6. The van der Waals surface area contributed by atoms with Gasteiger partial charge in [0.15, 0.2) is 0 Å². The van der Waals surface area contributed by atoms with E-state index in [-0.39, 0.29) is 11.6 Å². The van der Waals surface area contributed by atoms with Crippen molar-refractivity contribution < 1.29 is 13.2 Å². The van der Waals surface area contributed by atoms with Crippen molar-refractivity contribution in [1.82, 2.24) is 19.9 Å². The third-order valence-electron chi connectivity index (χ3n) is 5.08. The summed E-state index contributed by atoms with van der Waals surface area (Å²) in [6.45, 7) is 3.63. The molecule has 1 aliphatic heterocycles. The molecule has 0 radical (unpaired) electrons. The number of piperidine rings is 1. The molecule has 4 rings (SSSR count). The normalized spacial score (nSPS) is 14.5. The van der Waals surface area contributed by atoms with Crippen molar-refractivity contribution in [3.8, 4) is 11.3 Å². The molecule has 162 valence electrons. The van der Waals surface area contributed by atoms with Gasteiger partial charge in [-0.15, -0.1) is 0 Å². The molecule has 1 saturated heterocycles. The summed E-state index contributed by atoms with van der Waals surface area (Å²) in [4.78, 5) is 30.2. The zero-order valence-corrected chi connectivity index (χ0v) is 16.8. The minimum atomic E-state index is -4.47. The van der Waals surface area contributed by atoms with Gasteiger partial charge in [-0.25, -0.2) is 15.0 Å². The van der Waals surface area contributed by atoms with Crippen LogP contribution in [-0.2, 0) is 6.18 Å². The molecule has 3 aromatic rings. The van der Waals surface area contributed by atoms with E-state index in [9.17, 15) is 18.0 Å². The molecule has 1 aliphatic rings. The largest absolute Gasteiger partial charge is 0.416 e. The number of rotatable bonds is 4. The number of hydrogen-bond donors (Lipinski definition) is 2. The Labute approximate surface area is 176 Å². The Morgan fingerprint density at radius 1 is 1.10 bits per heavy atom. The molecule has 2 aromatic heterocycles. The van der Waals surface area contributed by atoms with E-state index in [2.05, 4.69) is 30.2 Å². The number of H-pyrrole nitrogens is 1. The monoisotopic (exact) mass is 430 g/mol. The van der Waals surface area contributed by atoms with Gasteiger partial charge in [0.25, 0.3) is 5.56 Å². The van der Waals surface area contributed by atoms with Gasteiger partial charge in [-0.3, -0.25) is 9.78 Å². The third kappa shape index (κ3) is 4.84. The highest BCUT2D eigenvalue weighted by atomic mass is 19.4. The first kappa shape index (κ1) is 20.8. The topological polar surface area (TPSA) is 86.8 Å². The Morgan fingerprint density at radius 2 is 1.87 bits per heavy atom. The standard InChI is InChI=1S/C21H21F3N6O/c1-13-16(12-25-20(26-13)30-8-3-2-4-9-30)17-11-18(31)29-19(28-17)27-15-7-5-6-14(10-15)21(22,23)24/h5-7,10-12H,2-4,8-9H2,1H3,(H2,27,28,29,31). The molecular formula is C21H21F3N6O. The SMILES string of the molecule is Cc1nc(N2CCCCC2)ncc1-c1cc(=O)[nH]c(Nc2cccc(C(F)(F)F)c2)n1. The molecule has 31 heavy (non-hydrogen) atoms. The van der Waals surface area contributed by atoms with E-state index in [1.807, 2.05) is 6.92 Å².